The predicted octanol–water partition coefficient (Wildman–Crippen LogP) is 2.85. The molecule has 0 fully saturated rings. The van der Waals surface area contributed by atoms with Crippen molar-refractivity contribution in [3.8, 4) is 5.75 Å². The molecule has 3 heteroatoms. The Morgan fingerprint density at radius 2 is 2.23 bits per heavy atom. The van der Waals surface area contributed by atoms with Crippen LogP contribution in [0.3, 0.4) is 0 Å². The molecule has 2 rings (SSSR count). The number of aromatic amines is 1. The molecule has 1 heterocycles. The molecule has 2 aromatic rings. The fraction of sp³-hybridized carbons (Fsp3) is 0.200. The van der Waals surface area contributed by atoms with Crippen LogP contribution in [0.4, 0.5) is 0 Å². The quantitative estimate of drug-likeness (QED) is 0.646. The molecule has 0 aliphatic heterocycles. The number of aromatic nitrogens is 1. The van der Waals surface area contributed by atoms with Gasteiger partial charge in [0.15, 0.2) is 0 Å². The molecule has 0 aliphatic rings. The Hall–Kier alpha value is -0.710. The van der Waals surface area contributed by atoms with Crippen LogP contribution < -0.4 is 0 Å². The number of aryl methyl sites for hydroxylation is 1. The minimum absolute atomic E-state index is 0.335. The normalized spacial score (nSPS) is 10.8. The second kappa shape index (κ2) is 3.57. The smallest absolute Gasteiger partial charge is 0.116 e. The van der Waals surface area contributed by atoms with Gasteiger partial charge in [-0.05, 0) is 30.2 Å². The maximum absolute atomic E-state index is 9.33. The highest BCUT2D eigenvalue weighted by molar-refractivity contribution is 14.1. The number of nitrogens with one attached hydrogen (secondary N) is 1. The number of halogens is 1. The third-order valence-electron chi connectivity index (χ3n) is 2.11. The third kappa shape index (κ3) is 1.65. The van der Waals surface area contributed by atoms with Crippen molar-refractivity contribution in [1.82, 2.24) is 4.98 Å². The summed E-state index contributed by atoms with van der Waals surface area (Å²) in [5.41, 5.74) is 2.37. The molecule has 68 valence electrons. The summed E-state index contributed by atoms with van der Waals surface area (Å²) in [6.45, 7) is 0. The molecule has 1 aromatic carbocycles. The molecule has 0 saturated heterocycles. The van der Waals surface area contributed by atoms with E-state index >= 15 is 0 Å². The maximum atomic E-state index is 9.33. The van der Waals surface area contributed by atoms with Gasteiger partial charge in [0, 0.05) is 21.5 Å². The van der Waals surface area contributed by atoms with E-state index in [4.69, 9.17) is 0 Å². The fourth-order valence-corrected chi connectivity index (χ4v) is 2.06. The van der Waals surface area contributed by atoms with E-state index in [2.05, 4.69) is 27.6 Å². The highest BCUT2D eigenvalue weighted by atomic mass is 127. The molecule has 0 aliphatic carbocycles. The molecular formula is C10H10INO. The van der Waals surface area contributed by atoms with Crippen molar-refractivity contribution in [2.24, 2.45) is 0 Å². The lowest BCUT2D eigenvalue weighted by Gasteiger charge is -1.95. The second-order valence-electron chi connectivity index (χ2n) is 2.98. The molecule has 0 amide bonds. The number of phenols is 1. The minimum atomic E-state index is 0.335. The summed E-state index contributed by atoms with van der Waals surface area (Å²) in [6.07, 6.45) is 3.06. The van der Waals surface area contributed by atoms with Crippen LogP contribution in [0.1, 0.15) is 5.56 Å². The summed E-state index contributed by atoms with van der Waals surface area (Å²) in [7, 11) is 0. The Labute approximate surface area is 90.1 Å². The van der Waals surface area contributed by atoms with Crippen molar-refractivity contribution >= 4 is 33.5 Å². The van der Waals surface area contributed by atoms with Gasteiger partial charge in [-0.1, -0.05) is 22.6 Å². The Morgan fingerprint density at radius 1 is 1.38 bits per heavy atom. The van der Waals surface area contributed by atoms with Crippen LogP contribution in [-0.4, -0.2) is 14.5 Å². The van der Waals surface area contributed by atoms with Gasteiger partial charge in [-0.25, -0.2) is 0 Å². The zero-order chi connectivity index (χ0) is 9.26. The largest absolute Gasteiger partial charge is 0.508 e. The zero-order valence-electron chi connectivity index (χ0n) is 7.05. The van der Waals surface area contributed by atoms with Gasteiger partial charge in [0.2, 0.25) is 0 Å². The van der Waals surface area contributed by atoms with E-state index in [-0.39, 0.29) is 0 Å². The fourth-order valence-electron chi connectivity index (χ4n) is 1.48. The summed E-state index contributed by atoms with van der Waals surface area (Å²) in [5.74, 6) is 0.335. The number of benzene rings is 1. The van der Waals surface area contributed by atoms with E-state index in [1.165, 1.54) is 5.56 Å². The molecule has 0 radical (unpaired) electrons. The Balaban J connectivity index is 2.58. The highest BCUT2D eigenvalue weighted by Crippen LogP contribution is 2.23. The van der Waals surface area contributed by atoms with Gasteiger partial charge in [0.1, 0.15) is 5.75 Å². The van der Waals surface area contributed by atoms with Crippen molar-refractivity contribution in [2.75, 3.05) is 4.43 Å². The number of H-pyrrole nitrogens is 1. The van der Waals surface area contributed by atoms with Gasteiger partial charge < -0.3 is 10.1 Å². The standard InChI is InChI=1S/C10H10INO/c11-4-3-7-6-12-10-2-1-8(13)5-9(7)10/h1-2,5-6,12-13H,3-4H2. The highest BCUT2D eigenvalue weighted by Gasteiger charge is 2.02. The van der Waals surface area contributed by atoms with Crippen LogP contribution in [0.25, 0.3) is 10.9 Å². The molecule has 0 atom stereocenters. The summed E-state index contributed by atoms with van der Waals surface area (Å²) in [5, 5.41) is 10.5. The number of hydrogen-bond donors (Lipinski definition) is 2. The summed E-state index contributed by atoms with van der Waals surface area (Å²) in [6, 6.07) is 5.42. The lowest BCUT2D eigenvalue weighted by molar-refractivity contribution is 0.476. The minimum Gasteiger partial charge on any atom is -0.508 e. The Bertz CT molecular complexity index is 422. The van der Waals surface area contributed by atoms with Crippen molar-refractivity contribution in [3.05, 3.63) is 30.0 Å². The number of hydrogen-bond acceptors (Lipinski definition) is 1. The number of phenolic OH excluding ortho intramolecular Hbond substituents is 1. The van der Waals surface area contributed by atoms with E-state index in [1.807, 2.05) is 18.3 Å². The maximum Gasteiger partial charge on any atom is 0.116 e. The van der Waals surface area contributed by atoms with E-state index in [9.17, 15) is 5.11 Å². The monoisotopic (exact) mass is 287 g/mol. The van der Waals surface area contributed by atoms with Gasteiger partial charge in [0.25, 0.3) is 0 Å². The van der Waals surface area contributed by atoms with Crippen LogP contribution in [0.2, 0.25) is 0 Å². The first kappa shape index (κ1) is 8.87. The zero-order valence-corrected chi connectivity index (χ0v) is 9.21. The van der Waals surface area contributed by atoms with Crippen LogP contribution >= 0.6 is 22.6 Å². The van der Waals surface area contributed by atoms with E-state index < -0.39 is 0 Å². The predicted molar refractivity (Wildman–Crippen MR) is 62.6 cm³/mol. The van der Waals surface area contributed by atoms with Crippen molar-refractivity contribution in [1.29, 1.82) is 0 Å². The van der Waals surface area contributed by atoms with Crippen LogP contribution in [0, 0.1) is 0 Å². The number of alkyl halides is 1. The lowest BCUT2D eigenvalue weighted by atomic mass is 10.1. The van der Waals surface area contributed by atoms with Crippen molar-refractivity contribution in [3.63, 3.8) is 0 Å². The molecule has 0 spiro atoms. The second-order valence-corrected chi connectivity index (χ2v) is 4.06. The molecular weight excluding hydrogens is 277 g/mol. The molecule has 13 heavy (non-hydrogen) atoms. The van der Waals surface area contributed by atoms with E-state index in [1.54, 1.807) is 6.07 Å². The summed E-state index contributed by atoms with van der Waals surface area (Å²) >= 11 is 2.35. The molecule has 0 bridgehead atoms. The van der Waals surface area contributed by atoms with Crippen LogP contribution in [-0.2, 0) is 6.42 Å². The number of rotatable bonds is 2. The molecule has 1 aromatic heterocycles. The average molecular weight is 287 g/mol. The van der Waals surface area contributed by atoms with E-state index in [0.29, 0.717) is 5.75 Å². The average Bonchev–Trinajstić information content (AvgIpc) is 2.49. The number of fused-ring (bicyclic) bond motifs is 1. The Morgan fingerprint density at radius 3 is 3.00 bits per heavy atom. The van der Waals surface area contributed by atoms with Gasteiger partial charge in [-0.3, -0.25) is 0 Å². The lowest BCUT2D eigenvalue weighted by Crippen LogP contribution is -1.81. The summed E-state index contributed by atoms with van der Waals surface area (Å²) in [4.78, 5) is 3.19. The van der Waals surface area contributed by atoms with Gasteiger partial charge in [0.05, 0.1) is 0 Å². The molecule has 2 N–H and O–H groups in total. The van der Waals surface area contributed by atoms with Gasteiger partial charge >= 0.3 is 0 Å². The van der Waals surface area contributed by atoms with Crippen LogP contribution in [0.15, 0.2) is 24.4 Å². The van der Waals surface area contributed by atoms with Crippen molar-refractivity contribution < 1.29 is 5.11 Å². The first-order valence-electron chi connectivity index (χ1n) is 4.16. The van der Waals surface area contributed by atoms with Gasteiger partial charge in [-0.15, -0.1) is 0 Å². The SMILES string of the molecule is Oc1ccc2[nH]cc(CCI)c2c1. The van der Waals surface area contributed by atoms with E-state index in [0.717, 1.165) is 21.8 Å². The number of aromatic hydroxyl groups is 1. The topological polar surface area (TPSA) is 36.0 Å². The molecule has 0 unspecified atom stereocenters. The van der Waals surface area contributed by atoms with Crippen LogP contribution in [0.5, 0.6) is 5.75 Å². The Kier molecular flexibility index (Phi) is 2.44. The first-order valence-corrected chi connectivity index (χ1v) is 5.69. The summed E-state index contributed by atoms with van der Waals surface area (Å²) < 4.78 is 1.10. The molecule has 0 saturated carbocycles. The van der Waals surface area contributed by atoms with Gasteiger partial charge in [-0.2, -0.15) is 0 Å². The van der Waals surface area contributed by atoms with Crippen molar-refractivity contribution in [2.45, 2.75) is 6.42 Å². The molecule has 2 nitrogen and oxygen atoms in total. The first-order chi connectivity index (χ1) is 6.31. The third-order valence-corrected chi connectivity index (χ3v) is 2.65.